The Morgan fingerprint density at radius 1 is 1.47 bits per heavy atom. The third-order valence-corrected chi connectivity index (χ3v) is 2.94. The summed E-state index contributed by atoms with van der Waals surface area (Å²) < 4.78 is 1.82. The van der Waals surface area contributed by atoms with E-state index >= 15 is 0 Å². The van der Waals surface area contributed by atoms with Gasteiger partial charge < -0.3 is 5.32 Å². The normalized spacial score (nSPS) is 11.3. The number of rotatable bonds is 6. The summed E-state index contributed by atoms with van der Waals surface area (Å²) in [6.45, 7) is 5.87. The first kappa shape index (κ1) is 13.5. The highest BCUT2D eigenvalue weighted by molar-refractivity contribution is 5.80. The Balaban J connectivity index is 2.10. The van der Waals surface area contributed by atoms with Crippen LogP contribution in [0, 0.1) is 10.1 Å². The standard InChI is InChI=1S/C13H18N4O2/c1-10(2)14-6-3-7-16-13-8-12(17(18)19)5-4-11(13)9-15-16/h4-5,8-10,14H,3,6-7H2,1-2H3. The largest absolute Gasteiger partial charge is 0.314 e. The van der Waals surface area contributed by atoms with Gasteiger partial charge in [0, 0.05) is 30.1 Å². The average molecular weight is 262 g/mol. The van der Waals surface area contributed by atoms with Crippen LogP contribution in [0.4, 0.5) is 5.69 Å². The Kier molecular flexibility index (Phi) is 4.11. The molecule has 2 aromatic rings. The number of nitro groups is 1. The van der Waals surface area contributed by atoms with Crippen LogP contribution in [-0.2, 0) is 6.54 Å². The summed E-state index contributed by atoms with van der Waals surface area (Å²) in [5.74, 6) is 0. The number of nitrogens with one attached hydrogen (secondary N) is 1. The highest BCUT2D eigenvalue weighted by Gasteiger charge is 2.09. The van der Waals surface area contributed by atoms with E-state index in [1.165, 1.54) is 6.07 Å². The maximum atomic E-state index is 10.8. The molecule has 1 aromatic heterocycles. The topological polar surface area (TPSA) is 73.0 Å². The summed E-state index contributed by atoms with van der Waals surface area (Å²) in [5.41, 5.74) is 0.924. The molecule has 1 heterocycles. The van der Waals surface area contributed by atoms with Gasteiger partial charge in [0.05, 0.1) is 16.6 Å². The number of hydrogen-bond donors (Lipinski definition) is 1. The van der Waals surface area contributed by atoms with Gasteiger partial charge in [-0.25, -0.2) is 0 Å². The van der Waals surface area contributed by atoms with Gasteiger partial charge in [0.1, 0.15) is 0 Å². The molecule has 6 nitrogen and oxygen atoms in total. The molecule has 0 amide bonds. The number of nitro benzene ring substituents is 1. The summed E-state index contributed by atoms with van der Waals surface area (Å²) in [4.78, 5) is 10.4. The Bertz CT molecular complexity index is 577. The second kappa shape index (κ2) is 5.79. The molecular weight excluding hydrogens is 244 g/mol. The van der Waals surface area contributed by atoms with E-state index in [-0.39, 0.29) is 10.6 Å². The van der Waals surface area contributed by atoms with Crippen molar-refractivity contribution in [2.24, 2.45) is 0 Å². The van der Waals surface area contributed by atoms with E-state index in [1.807, 2.05) is 4.68 Å². The van der Waals surface area contributed by atoms with Gasteiger partial charge in [-0.15, -0.1) is 0 Å². The van der Waals surface area contributed by atoms with Crippen LogP contribution >= 0.6 is 0 Å². The molecule has 1 N–H and O–H groups in total. The zero-order valence-corrected chi connectivity index (χ0v) is 11.2. The van der Waals surface area contributed by atoms with Gasteiger partial charge in [-0.05, 0) is 19.0 Å². The predicted octanol–water partition coefficient (Wildman–Crippen LogP) is 2.33. The summed E-state index contributed by atoms with van der Waals surface area (Å²) in [5, 5.41) is 19.3. The first-order valence-electron chi connectivity index (χ1n) is 6.41. The third-order valence-electron chi connectivity index (χ3n) is 2.94. The Labute approximate surface area is 111 Å². The quantitative estimate of drug-likeness (QED) is 0.492. The van der Waals surface area contributed by atoms with E-state index in [4.69, 9.17) is 0 Å². The van der Waals surface area contributed by atoms with E-state index in [1.54, 1.807) is 18.3 Å². The number of benzene rings is 1. The first-order valence-corrected chi connectivity index (χ1v) is 6.41. The maximum Gasteiger partial charge on any atom is 0.271 e. The number of hydrogen-bond acceptors (Lipinski definition) is 4. The minimum atomic E-state index is -0.378. The molecule has 0 unspecified atom stereocenters. The third kappa shape index (κ3) is 3.29. The lowest BCUT2D eigenvalue weighted by atomic mass is 10.2. The summed E-state index contributed by atoms with van der Waals surface area (Å²) in [7, 11) is 0. The van der Waals surface area contributed by atoms with Gasteiger partial charge in [-0.3, -0.25) is 14.8 Å². The van der Waals surface area contributed by atoms with E-state index < -0.39 is 0 Å². The minimum Gasteiger partial charge on any atom is -0.314 e. The number of non-ortho nitro benzene ring substituents is 1. The molecule has 0 radical (unpaired) electrons. The van der Waals surface area contributed by atoms with Crippen molar-refractivity contribution < 1.29 is 4.92 Å². The lowest BCUT2D eigenvalue weighted by Gasteiger charge is -2.08. The number of nitrogens with zero attached hydrogens (tertiary/aromatic N) is 3. The molecule has 0 saturated heterocycles. The monoisotopic (exact) mass is 262 g/mol. The molecule has 0 aliphatic heterocycles. The molecule has 0 fully saturated rings. The lowest BCUT2D eigenvalue weighted by Crippen LogP contribution is -2.24. The Morgan fingerprint density at radius 3 is 2.95 bits per heavy atom. The summed E-state index contributed by atoms with van der Waals surface area (Å²) in [6.07, 6.45) is 2.69. The number of aryl methyl sites for hydroxylation is 1. The van der Waals surface area contributed by atoms with Crippen LogP contribution in [0.1, 0.15) is 20.3 Å². The van der Waals surface area contributed by atoms with Crippen molar-refractivity contribution in [1.82, 2.24) is 15.1 Å². The highest BCUT2D eigenvalue weighted by Crippen LogP contribution is 2.20. The Hall–Kier alpha value is -1.95. The van der Waals surface area contributed by atoms with Crippen LogP contribution in [0.3, 0.4) is 0 Å². The number of aromatic nitrogens is 2. The fraction of sp³-hybridized carbons (Fsp3) is 0.462. The van der Waals surface area contributed by atoms with Gasteiger partial charge in [-0.1, -0.05) is 13.8 Å². The highest BCUT2D eigenvalue weighted by atomic mass is 16.6. The molecule has 19 heavy (non-hydrogen) atoms. The molecule has 0 spiro atoms. The Morgan fingerprint density at radius 2 is 2.26 bits per heavy atom. The minimum absolute atomic E-state index is 0.106. The zero-order valence-electron chi connectivity index (χ0n) is 11.2. The number of fused-ring (bicyclic) bond motifs is 1. The van der Waals surface area contributed by atoms with Crippen molar-refractivity contribution in [3.05, 3.63) is 34.5 Å². The van der Waals surface area contributed by atoms with Gasteiger partial charge in [0.2, 0.25) is 0 Å². The second-order valence-corrected chi connectivity index (χ2v) is 4.83. The summed E-state index contributed by atoms with van der Waals surface area (Å²) >= 11 is 0. The van der Waals surface area contributed by atoms with E-state index in [0.717, 1.165) is 30.4 Å². The van der Waals surface area contributed by atoms with E-state index in [0.29, 0.717) is 6.04 Å². The molecule has 0 aliphatic carbocycles. The maximum absolute atomic E-state index is 10.8. The van der Waals surface area contributed by atoms with Crippen molar-refractivity contribution in [2.75, 3.05) is 6.54 Å². The second-order valence-electron chi connectivity index (χ2n) is 4.83. The molecule has 0 bridgehead atoms. The molecule has 102 valence electrons. The molecule has 0 atom stereocenters. The van der Waals surface area contributed by atoms with Crippen molar-refractivity contribution in [3.63, 3.8) is 0 Å². The lowest BCUT2D eigenvalue weighted by molar-refractivity contribution is -0.384. The van der Waals surface area contributed by atoms with Crippen molar-refractivity contribution >= 4 is 16.6 Å². The van der Waals surface area contributed by atoms with Crippen molar-refractivity contribution in [2.45, 2.75) is 32.9 Å². The van der Waals surface area contributed by atoms with Crippen LogP contribution in [-0.4, -0.2) is 27.3 Å². The summed E-state index contributed by atoms with van der Waals surface area (Å²) in [6, 6.07) is 5.30. The molecule has 2 rings (SSSR count). The van der Waals surface area contributed by atoms with Gasteiger partial charge in [0.25, 0.3) is 5.69 Å². The smallest absolute Gasteiger partial charge is 0.271 e. The average Bonchev–Trinajstić information content (AvgIpc) is 2.76. The predicted molar refractivity (Wildman–Crippen MR) is 74.1 cm³/mol. The van der Waals surface area contributed by atoms with E-state index in [9.17, 15) is 10.1 Å². The van der Waals surface area contributed by atoms with E-state index in [2.05, 4.69) is 24.3 Å². The molecule has 0 aliphatic rings. The van der Waals surface area contributed by atoms with Crippen LogP contribution in [0.25, 0.3) is 10.9 Å². The van der Waals surface area contributed by atoms with Gasteiger partial charge in [0.15, 0.2) is 0 Å². The fourth-order valence-corrected chi connectivity index (χ4v) is 1.97. The molecular formula is C13H18N4O2. The fourth-order valence-electron chi connectivity index (χ4n) is 1.97. The molecule has 1 aromatic carbocycles. The molecule has 6 heteroatoms. The van der Waals surface area contributed by atoms with Crippen LogP contribution < -0.4 is 5.32 Å². The van der Waals surface area contributed by atoms with Crippen molar-refractivity contribution in [1.29, 1.82) is 0 Å². The van der Waals surface area contributed by atoms with Crippen LogP contribution in [0.2, 0.25) is 0 Å². The zero-order chi connectivity index (χ0) is 13.8. The molecule has 0 saturated carbocycles. The van der Waals surface area contributed by atoms with Crippen LogP contribution in [0.5, 0.6) is 0 Å². The van der Waals surface area contributed by atoms with Gasteiger partial charge in [-0.2, -0.15) is 5.10 Å². The van der Waals surface area contributed by atoms with Crippen molar-refractivity contribution in [3.8, 4) is 0 Å². The SMILES string of the molecule is CC(C)NCCCn1ncc2ccc([N+](=O)[O-])cc21. The van der Waals surface area contributed by atoms with Crippen LogP contribution in [0.15, 0.2) is 24.4 Å². The van der Waals surface area contributed by atoms with Gasteiger partial charge >= 0.3 is 0 Å². The first-order chi connectivity index (χ1) is 9.08.